The molecule has 1 aromatic rings. The minimum Gasteiger partial charge on any atom is -0.374 e. The molecular weight excluding hydrogens is 333 g/mol. The number of halogens is 2. The average molecular weight is 358 g/mol. The van der Waals surface area contributed by atoms with E-state index in [1.807, 2.05) is 13.0 Å². The van der Waals surface area contributed by atoms with Crippen molar-refractivity contribution in [2.24, 2.45) is 11.7 Å². The number of rotatable bonds is 5. The molecule has 0 saturated heterocycles. The van der Waals surface area contributed by atoms with Gasteiger partial charge >= 0.3 is 0 Å². The molecule has 1 fully saturated rings. The smallest absolute Gasteiger partial charge is 0.124 e. The van der Waals surface area contributed by atoms with E-state index < -0.39 is 0 Å². The molecule has 118 valence electrons. The van der Waals surface area contributed by atoms with Crippen LogP contribution in [0.15, 0.2) is 22.7 Å². The first-order chi connectivity index (χ1) is 9.97. The van der Waals surface area contributed by atoms with Crippen molar-refractivity contribution < 1.29 is 9.13 Å². The van der Waals surface area contributed by atoms with Crippen molar-refractivity contribution >= 4 is 15.9 Å². The number of hydrogen-bond acceptors (Lipinski definition) is 2. The summed E-state index contributed by atoms with van der Waals surface area (Å²) >= 11 is 3.43. The van der Waals surface area contributed by atoms with Gasteiger partial charge in [0.1, 0.15) is 5.82 Å². The van der Waals surface area contributed by atoms with Crippen LogP contribution in [0.3, 0.4) is 0 Å². The minimum absolute atomic E-state index is 0.0632. The van der Waals surface area contributed by atoms with Crippen LogP contribution in [-0.2, 0) is 11.2 Å². The molecule has 1 saturated carbocycles. The van der Waals surface area contributed by atoms with Crippen molar-refractivity contribution in [3.63, 3.8) is 0 Å². The van der Waals surface area contributed by atoms with Gasteiger partial charge in [0.15, 0.2) is 0 Å². The first kappa shape index (κ1) is 16.9. The standard InChI is InChI=1S/C17H25BrFNO/c1-3-21-17(8-6-12(2)7-9-17)16(20)10-13-4-5-14(19)11-15(13)18/h4-5,11-12,16H,3,6-10,20H2,1-2H3. The van der Waals surface area contributed by atoms with Crippen molar-refractivity contribution in [2.45, 2.75) is 57.6 Å². The third-order valence-corrected chi connectivity index (χ3v) is 5.42. The maximum absolute atomic E-state index is 13.2. The van der Waals surface area contributed by atoms with Gasteiger partial charge in [-0.2, -0.15) is 0 Å². The summed E-state index contributed by atoms with van der Waals surface area (Å²) in [5, 5.41) is 0. The molecule has 1 aromatic carbocycles. The summed E-state index contributed by atoms with van der Waals surface area (Å²) in [5.41, 5.74) is 7.33. The van der Waals surface area contributed by atoms with E-state index in [4.69, 9.17) is 10.5 Å². The van der Waals surface area contributed by atoms with Crippen molar-refractivity contribution in [3.05, 3.63) is 34.1 Å². The normalized spacial score (nSPS) is 27.6. The number of benzene rings is 1. The van der Waals surface area contributed by atoms with Gasteiger partial charge in [-0.15, -0.1) is 0 Å². The van der Waals surface area contributed by atoms with Gasteiger partial charge in [-0.05, 0) is 62.6 Å². The van der Waals surface area contributed by atoms with Gasteiger partial charge in [0.25, 0.3) is 0 Å². The lowest BCUT2D eigenvalue weighted by Gasteiger charge is -2.43. The third kappa shape index (κ3) is 4.05. The molecular formula is C17H25BrFNO. The van der Waals surface area contributed by atoms with Gasteiger partial charge < -0.3 is 10.5 Å². The topological polar surface area (TPSA) is 35.2 Å². The van der Waals surface area contributed by atoms with Crippen LogP contribution in [0.5, 0.6) is 0 Å². The van der Waals surface area contributed by atoms with Gasteiger partial charge in [0.05, 0.1) is 5.60 Å². The minimum atomic E-state index is -0.231. The molecule has 1 unspecified atom stereocenters. The zero-order valence-corrected chi connectivity index (χ0v) is 14.5. The molecule has 0 bridgehead atoms. The zero-order valence-electron chi connectivity index (χ0n) is 12.9. The first-order valence-electron chi connectivity index (χ1n) is 7.80. The summed E-state index contributed by atoms with van der Waals surface area (Å²) in [4.78, 5) is 0. The quantitative estimate of drug-likeness (QED) is 0.844. The van der Waals surface area contributed by atoms with Gasteiger partial charge in [-0.25, -0.2) is 4.39 Å². The molecule has 0 amide bonds. The fraction of sp³-hybridized carbons (Fsp3) is 0.647. The fourth-order valence-corrected chi connectivity index (χ4v) is 3.78. The van der Waals surface area contributed by atoms with E-state index >= 15 is 0 Å². The summed E-state index contributed by atoms with van der Waals surface area (Å²) in [6, 6.07) is 4.73. The number of ether oxygens (including phenoxy) is 1. The monoisotopic (exact) mass is 357 g/mol. The summed E-state index contributed by atoms with van der Waals surface area (Å²) < 4.78 is 20.1. The lowest BCUT2D eigenvalue weighted by atomic mass is 9.74. The molecule has 21 heavy (non-hydrogen) atoms. The van der Waals surface area contributed by atoms with Crippen LogP contribution in [-0.4, -0.2) is 18.2 Å². The Morgan fingerprint density at radius 1 is 1.43 bits per heavy atom. The van der Waals surface area contributed by atoms with Gasteiger partial charge in [-0.1, -0.05) is 28.9 Å². The Hall–Kier alpha value is -0.450. The number of nitrogens with two attached hydrogens (primary N) is 1. The van der Waals surface area contributed by atoms with Gasteiger partial charge in [0.2, 0.25) is 0 Å². The van der Waals surface area contributed by atoms with Gasteiger partial charge in [-0.3, -0.25) is 0 Å². The molecule has 0 radical (unpaired) electrons. The van der Waals surface area contributed by atoms with Crippen LogP contribution < -0.4 is 5.73 Å². The van der Waals surface area contributed by atoms with E-state index in [0.717, 1.165) is 41.6 Å². The summed E-state index contributed by atoms with van der Waals surface area (Å²) in [6.07, 6.45) is 5.07. The van der Waals surface area contributed by atoms with E-state index in [1.165, 1.54) is 12.1 Å². The lowest BCUT2D eigenvalue weighted by molar-refractivity contribution is -0.0883. The SMILES string of the molecule is CCOC1(C(N)Cc2ccc(F)cc2Br)CCC(C)CC1. The van der Waals surface area contributed by atoms with Crippen molar-refractivity contribution in [3.8, 4) is 0 Å². The highest BCUT2D eigenvalue weighted by Crippen LogP contribution is 2.38. The van der Waals surface area contributed by atoms with E-state index in [-0.39, 0.29) is 17.5 Å². The van der Waals surface area contributed by atoms with E-state index in [0.29, 0.717) is 13.0 Å². The van der Waals surface area contributed by atoms with Crippen LogP contribution in [0.1, 0.15) is 45.1 Å². The molecule has 0 spiro atoms. The highest BCUT2D eigenvalue weighted by molar-refractivity contribution is 9.10. The van der Waals surface area contributed by atoms with Gasteiger partial charge in [0, 0.05) is 17.1 Å². The molecule has 0 aromatic heterocycles. The Morgan fingerprint density at radius 2 is 2.10 bits per heavy atom. The Bertz CT molecular complexity index is 472. The second kappa shape index (κ2) is 7.21. The summed E-state index contributed by atoms with van der Waals surface area (Å²) in [6.45, 7) is 5.00. The van der Waals surface area contributed by atoms with Crippen LogP contribution in [0.25, 0.3) is 0 Å². The fourth-order valence-electron chi connectivity index (χ4n) is 3.27. The van der Waals surface area contributed by atoms with Crippen LogP contribution in [0.2, 0.25) is 0 Å². The molecule has 0 aliphatic heterocycles. The summed E-state index contributed by atoms with van der Waals surface area (Å²) in [5.74, 6) is 0.522. The van der Waals surface area contributed by atoms with E-state index in [1.54, 1.807) is 0 Å². The van der Waals surface area contributed by atoms with Crippen LogP contribution in [0.4, 0.5) is 4.39 Å². The molecule has 1 aliphatic carbocycles. The average Bonchev–Trinajstić information content (AvgIpc) is 2.45. The van der Waals surface area contributed by atoms with E-state index in [2.05, 4.69) is 22.9 Å². The predicted molar refractivity (Wildman–Crippen MR) is 87.8 cm³/mol. The molecule has 2 rings (SSSR count). The second-order valence-electron chi connectivity index (χ2n) is 6.23. The Morgan fingerprint density at radius 3 is 2.67 bits per heavy atom. The lowest BCUT2D eigenvalue weighted by Crippen LogP contribution is -2.53. The van der Waals surface area contributed by atoms with Crippen molar-refractivity contribution in [2.75, 3.05) is 6.61 Å². The second-order valence-corrected chi connectivity index (χ2v) is 7.08. The van der Waals surface area contributed by atoms with Crippen LogP contribution >= 0.6 is 15.9 Å². The third-order valence-electron chi connectivity index (χ3n) is 4.68. The van der Waals surface area contributed by atoms with E-state index in [9.17, 15) is 4.39 Å². The first-order valence-corrected chi connectivity index (χ1v) is 8.59. The Labute approximate surface area is 135 Å². The van der Waals surface area contributed by atoms with Crippen molar-refractivity contribution in [1.82, 2.24) is 0 Å². The molecule has 1 atom stereocenters. The predicted octanol–water partition coefficient (Wildman–Crippen LogP) is 4.44. The molecule has 2 nitrogen and oxygen atoms in total. The Balaban J connectivity index is 2.13. The van der Waals surface area contributed by atoms with Crippen LogP contribution in [0, 0.1) is 11.7 Å². The molecule has 2 N–H and O–H groups in total. The number of hydrogen-bond donors (Lipinski definition) is 1. The van der Waals surface area contributed by atoms with Crippen molar-refractivity contribution in [1.29, 1.82) is 0 Å². The largest absolute Gasteiger partial charge is 0.374 e. The molecule has 1 aliphatic rings. The summed E-state index contributed by atoms with van der Waals surface area (Å²) in [7, 11) is 0. The highest BCUT2D eigenvalue weighted by atomic mass is 79.9. The maximum Gasteiger partial charge on any atom is 0.124 e. The zero-order chi connectivity index (χ0) is 15.5. The Kier molecular flexibility index (Phi) is 5.81. The molecule has 4 heteroatoms. The molecule has 0 heterocycles. The maximum atomic E-state index is 13.2. The highest BCUT2D eigenvalue weighted by Gasteiger charge is 2.40.